The van der Waals surface area contributed by atoms with Gasteiger partial charge >= 0.3 is 205 Å². The molecule has 0 aliphatic carbocycles. The summed E-state index contributed by atoms with van der Waals surface area (Å²) in [7, 11) is 3.91. The Hall–Kier alpha value is -3.86. The average molecular weight is 671 g/mol. The minimum Gasteiger partial charge on any atom is -0.251 e. The quantitative estimate of drug-likeness (QED) is 0.0682. The number of nitrogens with one attached hydrogen (secondary N) is 2. The van der Waals surface area contributed by atoms with Crippen LogP contribution in [0.3, 0.4) is 0 Å². The van der Waals surface area contributed by atoms with E-state index in [0.717, 1.165) is 42.9 Å². The number of aliphatic imine (C=N–C) groups is 1. The molecule has 1 aliphatic heterocycles. The smallest absolute Gasteiger partial charge is 0.0195 e. The van der Waals surface area contributed by atoms with Gasteiger partial charge in [-0.1, -0.05) is 0 Å². The van der Waals surface area contributed by atoms with Gasteiger partial charge in [0.1, 0.15) is 0 Å². The summed E-state index contributed by atoms with van der Waals surface area (Å²) < 4.78 is 7.97. The van der Waals surface area contributed by atoms with Crippen molar-refractivity contribution in [2.24, 2.45) is 10.7 Å². The van der Waals surface area contributed by atoms with Crippen LogP contribution in [0.15, 0.2) is 120 Å². The second kappa shape index (κ2) is 16.3. The Labute approximate surface area is 285 Å². The zero-order valence-corrected chi connectivity index (χ0v) is 29.5. The maximum absolute atomic E-state index is 8.19. The van der Waals surface area contributed by atoms with Crippen LogP contribution in [-0.4, -0.2) is 43.4 Å². The predicted octanol–water partition coefficient (Wildman–Crippen LogP) is 7.00. The van der Waals surface area contributed by atoms with E-state index in [4.69, 9.17) is 21.7 Å². The van der Waals surface area contributed by atoms with Crippen molar-refractivity contribution in [3.63, 3.8) is 0 Å². The van der Waals surface area contributed by atoms with Gasteiger partial charge in [0.25, 0.3) is 5.96 Å². The number of nitrogens with two attached hydrogens (primary N) is 1. The molecule has 0 radical (unpaired) electrons. The SMILES string of the molecule is C[N+](C)=C1NC(N)=NC(c2ccc(OCCCCCCCCCCP(Cl)(c3ccccc3)(c3ccccc3)c3ccccc3)cc2)N1. The summed E-state index contributed by atoms with van der Waals surface area (Å²) >= 11 is 8.19. The van der Waals surface area contributed by atoms with E-state index in [1.165, 1.54) is 54.4 Å². The van der Waals surface area contributed by atoms with Crippen LogP contribution in [-0.2, 0) is 0 Å². The summed E-state index contributed by atoms with van der Waals surface area (Å²) in [4.78, 5) is 4.47. The van der Waals surface area contributed by atoms with E-state index in [-0.39, 0.29) is 6.17 Å². The van der Waals surface area contributed by atoms with E-state index in [0.29, 0.717) is 5.96 Å². The number of guanidine groups is 2. The van der Waals surface area contributed by atoms with E-state index in [2.05, 4.69) is 107 Å². The zero-order chi connectivity index (χ0) is 33.0. The van der Waals surface area contributed by atoms with E-state index in [1.54, 1.807) is 0 Å². The van der Waals surface area contributed by atoms with Gasteiger partial charge in [-0.3, -0.25) is 9.89 Å². The molecular formula is C39H50ClN5OP+. The fraction of sp³-hybridized carbons (Fsp3) is 0.333. The standard InChI is InChI=1S/C39H49ClN5OP/c1-45(2)39-43-37(42-38(41)44-39)32-26-28-33(29-27-32)46-30-18-7-5-3-4-6-8-19-31-47(40,34-20-12-9-13-21-34,35-22-14-10-15-23-35)36-24-16-11-17-25-36/h9-17,20-29,37H,3-8,18-19,30-31H2,1-2H3,(H3,41,42,43,44)/p+1. The van der Waals surface area contributed by atoms with Crippen LogP contribution < -0.4 is 37.0 Å². The summed E-state index contributed by atoms with van der Waals surface area (Å²) in [6.45, 7) is 0.732. The van der Waals surface area contributed by atoms with E-state index >= 15 is 0 Å². The first-order valence-electron chi connectivity index (χ1n) is 16.9. The maximum atomic E-state index is 8.19. The molecular weight excluding hydrogens is 621 g/mol. The summed E-state index contributed by atoms with van der Waals surface area (Å²) in [6.07, 6.45) is 10.3. The Morgan fingerprint density at radius 3 is 1.64 bits per heavy atom. The van der Waals surface area contributed by atoms with Crippen LogP contribution in [0.1, 0.15) is 63.1 Å². The van der Waals surface area contributed by atoms with E-state index < -0.39 is 5.96 Å². The molecule has 1 heterocycles. The Morgan fingerprint density at radius 2 is 1.15 bits per heavy atom. The largest absolute Gasteiger partial charge is 0.251 e. The molecule has 0 amide bonds. The number of nitrogens with zero attached hydrogens (tertiary/aromatic N) is 2. The first kappa shape index (κ1) is 34.5. The number of unbranched alkanes of at least 4 members (excludes halogenated alkanes) is 7. The maximum Gasteiger partial charge on any atom is -0.0195 e. The zero-order valence-electron chi connectivity index (χ0n) is 27.8. The molecule has 0 spiro atoms. The normalized spacial score (nSPS) is 15.5. The van der Waals surface area contributed by atoms with E-state index in [9.17, 15) is 0 Å². The number of hydrogen-bond donors (Lipinski definition) is 3. The second-order valence-corrected chi connectivity index (χ2v) is 19.2. The van der Waals surface area contributed by atoms with Crippen molar-refractivity contribution >= 4 is 45.0 Å². The van der Waals surface area contributed by atoms with Gasteiger partial charge in [-0.25, -0.2) is 5.32 Å². The van der Waals surface area contributed by atoms with Gasteiger partial charge in [-0.05, 0) is 24.3 Å². The van der Waals surface area contributed by atoms with Crippen LogP contribution >= 0.6 is 17.2 Å². The molecule has 1 aliphatic rings. The number of benzene rings is 4. The van der Waals surface area contributed by atoms with Crippen LogP contribution in [0, 0.1) is 0 Å². The van der Waals surface area contributed by atoms with Crippen LogP contribution in [0.2, 0.25) is 0 Å². The second-order valence-electron chi connectivity index (χ2n) is 12.6. The molecule has 6 nitrogen and oxygen atoms in total. The third-order valence-electron chi connectivity index (χ3n) is 9.06. The Morgan fingerprint density at radius 1 is 0.681 bits per heavy atom. The number of halogens is 1. The Bertz CT molecular complexity index is 1510. The Kier molecular flexibility index (Phi) is 12.0. The van der Waals surface area contributed by atoms with Crippen molar-refractivity contribution in [2.75, 3.05) is 26.9 Å². The number of hydrogen-bond acceptors (Lipinski definition) is 3. The van der Waals surface area contributed by atoms with Crippen LogP contribution in [0.5, 0.6) is 5.75 Å². The fourth-order valence-electron chi connectivity index (χ4n) is 6.45. The molecule has 47 heavy (non-hydrogen) atoms. The van der Waals surface area contributed by atoms with Crippen molar-refractivity contribution < 1.29 is 9.31 Å². The topological polar surface area (TPSA) is 74.7 Å². The summed E-state index contributed by atoms with van der Waals surface area (Å²) in [5, 5.41) is 10.2. The summed E-state index contributed by atoms with van der Waals surface area (Å²) in [5.41, 5.74) is 7.01. The van der Waals surface area contributed by atoms with E-state index in [1.807, 2.05) is 42.9 Å². The first-order valence-corrected chi connectivity index (χ1v) is 20.2. The van der Waals surface area contributed by atoms with Crippen molar-refractivity contribution in [1.82, 2.24) is 10.6 Å². The molecule has 1 atom stereocenters. The molecule has 0 bridgehead atoms. The van der Waals surface area contributed by atoms with Crippen LogP contribution in [0.25, 0.3) is 0 Å². The fourth-order valence-corrected chi connectivity index (χ4v) is 12.7. The molecule has 0 fully saturated rings. The number of ether oxygens (including phenoxy) is 1. The average Bonchev–Trinajstić information content (AvgIpc) is 3.11. The van der Waals surface area contributed by atoms with Crippen LogP contribution in [0.4, 0.5) is 0 Å². The molecule has 0 saturated carbocycles. The molecule has 4 N–H and O–H groups in total. The molecule has 8 heteroatoms. The van der Waals surface area contributed by atoms with Crippen molar-refractivity contribution in [3.8, 4) is 5.75 Å². The van der Waals surface area contributed by atoms with Crippen molar-refractivity contribution in [1.29, 1.82) is 0 Å². The predicted molar refractivity (Wildman–Crippen MR) is 202 cm³/mol. The van der Waals surface area contributed by atoms with Gasteiger partial charge in [0.2, 0.25) is 0 Å². The van der Waals surface area contributed by atoms with Gasteiger partial charge in [-0.2, -0.15) is 4.99 Å². The molecule has 5 rings (SSSR count). The molecule has 248 valence electrons. The minimum absolute atomic E-state index is 0.222. The first-order chi connectivity index (χ1) is 22.9. The monoisotopic (exact) mass is 670 g/mol. The number of rotatable bonds is 16. The van der Waals surface area contributed by atoms with Gasteiger partial charge in [0, 0.05) is 5.56 Å². The van der Waals surface area contributed by atoms with Crippen molar-refractivity contribution in [3.05, 3.63) is 121 Å². The minimum atomic E-state index is -3.14. The third-order valence-corrected chi connectivity index (χ3v) is 16.6. The van der Waals surface area contributed by atoms with Gasteiger partial charge in [0.05, 0.1) is 14.1 Å². The molecule has 1 unspecified atom stereocenters. The van der Waals surface area contributed by atoms with Gasteiger partial charge < -0.3 is 5.73 Å². The molecule has 0 aromatic heterocycles. The van der Waals surface area contributed by atoms with Gasteiger partial charge in [-0.15, -0.1) is 0 Å². The molecule has 4 aromatic rings. The van der Waals surface area contributed by atoms with Crippen molar-refractivity contribution in [2.45, 2.75) is 57.5 Å². The Balaban J connectivity index is 1.04. The molecule has 0 saturated heterocycles. The third kappa shape index (κ3) is 8.36. The van der Waals surface area contributed by atoms with Gasteiger partial charge in [0.15, 0.2) is 6.17 Å². The summed E-state index contributed by atoms with van der Waals surface area (Å²) in [6, 6.07) is 40.6. The summed E-state index contributed by atoms with van der Waals surface area (Å²) in [5.74, 6) is -1.03. The molecule has 4 aromatic carbocycles.